The maximum absolute atomic E-state index is 14.7. The third-order valence-corrected chi connectivity index (χ3v) is 5.82. The molecule has 8 heteroatoms. The zero-order chi connectivity index (χ0) is 23.0. The van der Waals surface area contributed by atoms with Crippen LogP contribution in [0.5, 0.6) is 11.5 Å². The molecule has 0 bridgehead atoms. The van der Waals surface area contributed by atoms with E-state index in [4.69, 9.17) is 15.2 Å². The molecule has 4 rings (SSSR count). The largest absolute Gasteiger partial charge is 0.493 e. The van der Waals surface area contributed by atoms with Gasteiger partial charge in [-0.05, 0) is 42.7 Å². The second kappa shape index (κ2) is 8.35. The third kappa shape index (κ3) is 3.26. The number of hydrogen-bond acceptors (Lipinski definition) is 6. The van der Waals surface area contributed by atoms with Crippen molar-refractivity contribution in [3.63, 3.8) is 0 Å². The predicted octanol–water partition coefficient (Wildman–Crippen LogP) is 4.29. The molecule has 1 atom stereocenters. The van der Waals surface area contributed by atoms with Crippen LogP contribution in [0.4, 0.5) is 14.5 Å². The summed E-state index contributed by atoms with van der Waals surface area (Å²) < 4.78 is 40.1. The van der Waals surface area contributed by atoms with Gasteiger partial charge in [-0.3, -0.25) is 9.69 Å². The van der Waals surface area contributed by atoms with E-state index in [1.54, 1.807) is 18.2 Å². The molecular formula is C24H21F2N3O3. The minimum absolute atomic E-state index is 0.0360. The first-order valence-corrected chi connectivity index (χ1v) is 10.0. The maximum atomic E-state index is 14.7. The van der Waals surface area contributed by atoms with Gasteiger partial charge in [0.15, 0.2) is 17.3 Å². The van der Waals surface area contributed by atoms with E-state index < -0.39 is 23.2 Å². The number of rotatable bonds is 4. The number of carbonyl (C=O) groups is 1. The summed E-state index contributed by atoms with van der Waals surface area (Å²) in [5.74, 6) is -1.83. The van der Waals surface area contributed by atoms with Crippen molar-refractivity contribution < 1.29 is 23.0 Å². The number of Topliss-reactive ketones (excluding diaryl/α,β-unsaturated/α-hetero) is 1. The Morgan fingerprint density at radius 3 is 2.41 bits per heavy atom. The molecule has 0 spiro atoms. The van der Waals surface area contributed by atoms with Gasteiger partial charge in [0.25, 0.3) is 0 Å². The third-order valence-electron chi connectivity index (χ3n) is 5.82. The van der Waals surface area contributed by atoms with Crippen LogP contribution >= 0.6 is 0 Å². The van der Waals surface area contributed by atoms with Gasteiger partial charge in [0.05, 0.1) is 31.8 Å². The van der Waals surface area contributed by atoms with Gasteiger partial charge in [-0.2, -0.15) is 5.26 Å². The number of halogens is 2. The molecule has 2 aromatic rings. The van der Waals surface area contributed by atoms with Crippen molar-refractivity contribution in [3.05, 3.63) is 76.3 Å². The molecule has 0 saturated carbocycles. The molecule has 2 N–H and O–H groups in total. The van der Waals surface area contributed by atoms with Crippen molar-refractivity contribution in [2.45, 2.75) is 25.2 Å². The van der Waals surface area contributed by atoms with Gasteiger partial charge in [0.2, 0.25) is 0 Å². The van der Waals surface area contributed by atoms with E-state index in [9.17, 15) is 18.8 Å². The molecule has 0 radical (unpaired) electrons. The van der Waals surface area contributed by atoms with Crippen LogP contribution in [0.15, 0.2) is 59.1 Å². The van der Waals surface area contributed by atoms with Gasteiger partial charge >= 0.3 is 0 Å². The average Bonchev–Trinajstić information content (AvgIpc) is 2.79. The first-order valence-electron chi connectivity index (χ1n) is 10.0. The number of ether oxygens (including phenoxy) is 2. The Labute approximate surface area is 184 Å². The van der Waals surface area contributed by atoms with Crippen LogP contribution in [0.3, 0.4) is 0 Å². The Morgan fingerprint density at radius 2 is 1.78 bits per heavy atom. The molecule has 6 nitrogen and oxygen atoms in total. The van der Waals surface area contributed by atoms with Crippen molar-refractivity contribution in [2.75, 3.05) is 19.1 Å². The molecule has 1 heterocycles. The molecule has 2 aliphatic rings. The fourth-order valence-corrected chi connectivity index (χ4v) is 4.41. The minimum atomic E-state index is -0.834. The Morgan fingerprint density at radius 1 is 1.09 bits per heavy atom. The summed E-state index contributed by atoms with van der Waals surface area (Å²) in [6.07, 6.45) is 1.17. The average molecular weight is 437 g/mol. The van der Waals surface area contributed by atoms with Crippen LogP contribution in [0, 0.1) is 23.0 Å². The number of para-hydroxylation sites is 1. The summed E-state index contributed by atoms with van der Waals surface area (Å²) in [7, 11) is 2.99. The monoisotopic (exact) mass is 437 g/mol. The Balaban J connectivity index is 2.00. The molecule has 0 saturated heterocycles. The normalized spacial score (nSPS) is 18.4. The van der Waals surface area contributed by atoms with E-state index in [2.05, 4.69) is 6.07 Å². The molecule has 0 fully saturated rings. The summed E-state index contributed by atoms with van der Waals surface area (Å²) in [6, 6.07) is 10.6. The van der Waals surface area contributed by atoms with Crippen molar-refractivity contribution in [2.24, 2.45) is 5.73 Å². The van der Waals surface area contributed by atoms with Crippen molar-refractivity contribution in [1.29, 1.82) is 5.26 Å². The van der Waals surface area contributed by atoms with E-state index in [0.717, 1.165) is 12.1 Å². The fourth-order valence-electron chi connectivity index (χ4n) is 4.41. The highest BCUT2D eigenvalue weighted by molar-refractivity contribution is 6.01. The number of benzene rings is 2. The van der Waals surface area contributed by atoms with Gasteiger partial charge in [-0.15, -0.1) is 0 Å². The molecule has 0 aromatic heterocycles. The molecule has 1 aliphatic heterocycles. The quantitative estimate of drug-likeness (QED) is 0.768. The molecule has 164 valence electrons. The van der Waals surface area contributed by atoms with Crippen LogP contribution < -0.4 is 20.1 Å². The predicted molar refractivity (Wildman–Crippen MR) is 114 cm³/mol. The van der Waals surface area contributed by atoms with Crippen LogP contribution in [0.1, 0.15) is 30.7 Å². The lowest BCUT2D eigenvalue weighted by molar-refractivity contribution is -0.116. The number of nitrogens with zero attached hydrogens (tertiary/aromatic N) is 2. The highest BCUT2D eigenvalue weighted by Crippen LogP contribution is 2.48. The standard InChI is InChI=1S/C24H21F2N3O3/c1-31-19-10-9-13(11-20(19)32-2)21-14(12-27)24(28)29(17-7-4-8-18(30)22(17)21)23-15(25)5-3-6-16(23)26/h3,5-6,9-11,21H,4,7-8,28H2,1-2H3/t21-/m0/s1. The van der Waals surface area contributed by atoms with Gasteiger partial charge in [-0.1, -0.05) is 12.1 Å². The van der Waals surface area contributed by atoms with E-state index in [1.807, 2.05) is 0 Å². The number of hydrogen-bond donors (Lipinski definition) is 1. The van der Waals surface area contributed by atoms with Gasteiger partial charge in [0.1, 0.15) is 23.1 Å². The lowest BCUT2D eigenvalue weighted by Crippen LogP contribution is -2.39. The van der Waals surface area contributed by atoms with E-state index >= 15 is 0 Å². The number of nitrogens with two attached hydrogens (primary N) is 1. The molecule has 1 aliphatic carbocycles. The topological polar surface area (TPSA) is 88.6 Å². The second-order valence-electron chi connectivity index (χ2n) is 7.50. The van der Waals surface area contributed by atoms with E-state index in [0.29, 0.717) is 41.2 Å². The number of methoxy groups -OCH3 is 2. The number of anilines is 1. The first-order chi connectivity index (χ1) is 15.4. The molecule has 32 heavy (non-hydrogen) atoms. The summed E-state index contributed by atoms with van der Waals surface area (Å²) in [5, 5.41) is 10.0. The Kier molecular flexibility index (Phi) is 5.57. The molecule has 0 amide bonds. The highest BCUT2D eigenvalue weighted by atomic mass is 19.1. The number of allylic oxidation sites excluding steroid dienone is 3. The highest BCUT2D eigenvalue weighted by Gasteiger charge is 2.41. The zero-order valence-corrected chi connectivity index (χ0v) is 17.6. The van der Waals surface area contributed by atoms with Crippen molar-refractivity contribution in [1.82, 2.24) is 0 Å². The fraction of sp³-hybridized carbons (Fsp3) is 0.250. The molecule has 0 unspecified atom stereocenters. The minimum Gasteiger partial charge on any atom is -0.493 e. The van der Waals surface area contributed by atoms with Crippen molar-refractivity contribution in [3.8, 4) is 17.6 Å². The summed E-state index contributed by atoms with van der Waals surface area (Å²) >= 11 is 0. The van der Waals surface area contributed by atoms with Gasteiger partial charge in [0, 0.05) is 17.7 Å². The lowest BCUT2D eigenvalue weighted by Gasteiger charge is -2.39. The summed E-state index contributed by atoms with van der Waals surface area (Å²) in [6.45, 7) is 0. The molecule has 2 aromatic carbocycles. The second-order valence-corrected chi connectivity index (χ2v) is 7.50. The van der Waals surface area contributed by atoms with Crippen LogP contribution in [0.25, 0.3) is 0 Å². The zero-order valence-electron chi connectivity index (χ0n) is 17.6. The Bertz CT molecular complexity index is 1190. The van der Waals surface area contributed by atoms with Crippen LogP contribution in [-0.4, -0.2) is 20.0 Å². The number of carbonyl (C=O) groups excluding carboxylic acids is 1. The van der Waals surface area contributed by atoms with Gasteiger partial charge < -0.3 is 15.2 Å². The lowest BCUT2D eigenvalue weighted by atomic mass is 9.75. The summed E-state index contributed by atoms with van der Waals surface area (Å²) in [4.78, 5) is 14.3. The Hall–Kier alpha value is -3.86. The number of nitriles is 1. The van der Waals surface area contributed by atoms with Crippen LogP contribution in [0.2, 0.25) is 0 Å². The maximum Gasteiger partial charge on any atom is 0.161 e. The van der Waals surface area contributed by atoms with Gasteiger partial charge in [-0.25, -0.2) is 8.78 Å². The molecular weight excluding hydrogens is 416 g/mol. The summed E-state index contributed by atoms with van der Waals surface area (Å²) in [5.41, 5.74) is 7.31. The number of ketones is 1. The van der Waals surface area contributed by atoms with E-state index in [-0.39, 0.29) is 23.6 Å². The first kappa shape index (κ1) is 21.4. The van der Waals surface area contributed by atoms with Crippen LogP contribution in [-0.2, 0) is 4.79 Å². The SMILES string of the molecule is COc1ccc([C@H]2C(C#N)=C(N)N(c3c(F)cccc3F)C3=C2C(=O)CCC3)cc1OC. The van der Waals surface area contributed by atoms with E-state index in [1.165, 1.54) is 25.2 Å². The van der Waals surface area contributed by atoms with Crippen molar-refractivity contribution >= 4 is 11.5 Å². The smallest absolute Gasteiger partial charge is 0.161 e.